The number of amides is 1. The van der Waals surface area contributed by atoms with Crippen molar-refractivity contribution in [1.29, 1.82) is 0 Å². The number of carbonyl (C=O) groups excluding carboxylic acids is 1. The van der Waals surface area contributed by atoms with Crippen LogP contribution in [-0.2, 0) is 24.3 Å². The van der Waals surface area contributed by atoms with Crippen LogP contribution in [0.4, 0.5) is 4.79 Å². The number of nitrogens with one attached hydrogen (secondary N) is 1. The van der Waals surface area contributed by atoms with Crippen LogP contribution in [-0.4, -0.2) is 113 Å². The molecule has 0 aromatic heterocycles. The summed E-state index contributed by atoms with van der Waals surface area (Å²) in [5.74, 6) is 3.43. The zero-order valence-electron chi connectivity index (χ0n) is 21.4. The Morgan fingerprint density at radius 1 is 0.784 bits per heavy atom. The Balaban J connectivity index is 3.20. The van der Waals surface area contributed by atoms with E-state index in [9.17, 15) is 4.79 Å². The van der Waals surface area contributed by atoms with Crippen LogP contribution in [0.1, 0.15) is 19.8 Å². The number of aliphatic hydroxyl groups is 1. The number of hydrogen-bond donors (Lipinski definition) is 2. The summed E-state index contributed by atoms with van der Waals surface area (Å²) in [7, 11) is 0. The molecule has 2 N–H and O–H groups in total. The van der Waals surface area contributed by atoms with Crippen LogP contribution in [0.5, 0.6) is 0 Å². The van der Waals surface area contributed by atoms with Gasteiger partial charge >= 0.3 is 6.09 Å². The van der Waals surface area contributed by atoms with Crippen molar-refractivity contribution in [3.05, 3.63) is 0 Å². The Labute approximate surface area is 246 Å². The van der Waals surface area contributed by atoms with Gasteiger partial charge in [-0.05, 0) is 12.8 Å². The van der Waals surface area contributed by atoms with E-state index in [4.69, 9.17) is 29.4 Å². The minimum Gasteiger partial charge on any atom is -0.449 e. The third-order valence-corrected chi connectivity index (χ3v) is 10.6. The fourth-order valence-corrected chi connectivity index (χ4v) is 8.20. The molecule has 0 aliphatic rings. The van der Waals surface area contributed by atoms with Crippen molar-refractivity contribution in [2.24, 2.45) is 9.98 Å². The Morgan fingerprint density at radius 3 is 2.05 bits per heavy atom. The fraction of sp³-hybridized carbons (Fsp3) is 0.857. The quantitative estimate of drug-likeness (QED) is 0.0294. The third-order valence-electron chi connectivity index (χ3n) is 3.43. The molecule has 0 bridgehead atoms. The summed E-state index contributed by atoms with van der Waals surface area (Å²) >= 11 is 10.9. The molecule has 37 heavy (non-hydrogen) atoms. The van der Waals surface area contributed by atoms with Gasteiger partial charge in [-0.1, -0.05) is 6.92 Å². The maximum Gasteiger partial charge on any atom is 0.407 e. The van der Waals surface area contributed by atoms with Crippen LogP contribution in [0.15, 0.2) is 9.98 Å². The number of hydrogen-bond acceptors (Lipinski definition) is 15. The Hall–Kier alpha value is 0.190. The molecular formula is C21H41N3O7S6. The van der Waals surface area contributed by atoms with Crippen molar-refractivity contribution >= 4 is 89.5 Å². The molecule has 0 radical (unpaired) electrons. The lowest BCUT2D eigenvalue weighted by atomic mass is 10.5. The van der Waals surface area contributed by atoms with Gasteiger partial charge in [0.05, 0.1) is 13.2 Å². The number of aliphatic hydroxyl groups excluding tert-OH is 1. The molecule has 0 aromatic rings. The molecule has 0 aliphatic carbocycles. The molecule has 0 aliphatic heterocycles. The normalized spacial score (nSPS) is 11.4. The first-order chi connectivity index (χ1) is 18.3. The average Bonchev–Trinajstić information content (AvgIpc) is 2.90. The first-order valence-corrected chi connectivity index (χ1v) is 18.7. The number of thioether (sulfide) groups is 6. The summed E-state index contributed by atoms with van der Waals surface area (Å²) in [5, 5.41) is 15.3. The molecule has 0 rings (SSSR count). The molecule has 0 aromatic carbocycles. The zero-order valence-corrected chi connectivity index (χ0v) is 26.3. The van der Waals surface area contributed by atoms with E-state index in [2.05, 4.69) is 22.2 Å². The highest BCUT2D eigenvalue weighted by Crippen LogP contribution is 2.18. The molecule has 16 heteroatoms. The molecule has 0 fully saturated rings. The van der Waals surface area contributed by atoms with Crippen LogP contribution in [0, 0.1) is 0 Å². The Morgan fingerprint density at radius 2 is 1.38 bits per heavy atom. The lowest BCUT2D eigenvalue weighted by Gasteiger charge is -2.07. The predicted octanol–water partition coefficient (Wildman–Crippen LogP) is 4.69. The van der Waals surface area contributed by atoms with E-state index in [1.54, 1.807) is 35.3 Å². The van der Waals surface area contributed by atoms with Crippen LogP contribution < -0.4 is 5.32 Å². The van der Waals surface area contributed by atoms with E-state index < -0.39 is 0 Å². The topological polar surface area (TPSA) is 120 Å². The Kier molecular flexibility index (Phi) is 34.4. The van der Waals surface area contributed by atoms with Gasteiger partial charge in [0, 0.05) is 63.0 Å². The fourth-order valence-electron chi connectivity index (χ4n) is 1.80. The number of carbonyl (C=O) groups is 1. The highest BCUT2D eigenvalue weighted by atomic mass is 32.2. The number of rotatable bonds is 29. The van der Waals surface area contributed by atoms with Gasteiger partial charge < -0.3 is 24.9 Å². The summed E-state index contributed by atoms with van der Waals surface area (Å²) in [4.78, 5) is 39.1. The standard InChI is InChI=1S/C21H41N3O7S6/c1-2-4-22-15-31-29-10-14-35-20-37-19-34-13-9-27-21(26)24-6-12-33-18-36-17-32-11-5-23-16-30-28-8-3-7-25/h15-16,25H,2-14,17-20H2,1H3,(H,24,26). The van der Waals surface area contributed by atoms with E-state index in [0.29, 0.717) is 39.3 Å². The smallest absolute Gasteiger partial charge is 0.407 e. The summed E-state index contributed by atoms with van der Waals surface area (Å²) in [5.41, 5.74) is 0. The minimum absolute atomic E-state index is 0.0846. The molecule has 10 nitrogen and oxygen atoms in total. The molecule has 0 heterocycles. The predicted molar refractivity (Wildman–Crippen MR) is 167 cm³/mol. The molecule has 218 valence electrons. The first-order valence-electron chi connectivity index (χ1n) is 11.8. The number of nitrogens with zero attached hydrogens (tertiary/aromatic N) is 2. The maximum absolute atomic E-state index is 11.7. The van der Waals surface area contributed by atoms with Gasteiger partial charge in [-0.3, -0.25) is 9.98 Å². The molecule has 0 unspecified atom stereocenters. The van der Waals surface area contributed by atoms with Crippen molar-refractivity contribution < 1.29 is 34.2 Å². The van der Waals surface area contributed by atoms with Gasteiger partial charge in [-0.15, -0.1) is 70.6 Å². The molecule has 0 spiro atoms. The van der Waals surface area contributed by atoms with Gasteiger partial charge in [0.1, 0.15) is 13.2 Å². The van der Waals surface area contributed by atoms with Crippen LogP contribution in [0.2, 0.25) is 0 Å². The van der Waals surface area contributed by atoms with Gasteiger partial charge in [0.15, 0.2) is 0 Å². The summed E-state index contributed by atoms with van der Waals surface area (Å²) in [6.45, 7) is 5.48. The van der Waals surface area contributed by atoms with Crippen LogP contribution in [0.3, 0.4) is 0 Å². The highest BCUT2D eigenvalue weighted by Gasteiger charge is 2.01. The van der Waals surface area contributed by atoms with E-state index in [1.807, 2.05) is 35.3 Å². The van der Waals surface area contributed by atoms with Crippen LogP contribution in [0.25, 0.3) is 0 Å². The summed E-state index contributed by atoms with van der Waals surface area (Å²) in [6.07, 6.45) is 3.83. The minimum atomic E-state index is -0.349. The number of ether oxygens (including phenoxy) is 1. The van der Waals surface area contributed by atoms with Crippen molar-refractivity contribution in [1.82, 2.24) is 5.32 Å². The average molecular weight is 640 g/mol. The first kappa shape index (κ1) is 37.2. The monoisotopic (exact) mass is 639 g/mol. The van der Waals surface area contributed by atoms with Gasteiger partial charge in [0.2, 0.25) is 12.8 Å². The second kappa shape index (κ2) is 34.2. The molecule has 0 atom stereocenters. The van der Waals surface area contributed by atoms with Crippen molar-refractivity contribution in [2.75, 3.05) is 89.4 Å². The molecule has 0 saturated heterocycles. The van der Waals surface area contributed by atoms with Crippen LogP contribution >= 0.6 is 70.6 Å². The van der Waals surface area contributed by atoms with E-state index >= 15 is 0 Å². The van der Waals surface area contributed by atoms with Crippen molar-refractivity contribution in [2.45, 2.75) is 19.8 Å². The second-order valence-electron chi connectivity index (χ2n) is 6.51. The Bertz CT molecular complexity index is 543. The van der Waals surface area contributed by atoms with Gasteiger partial charge in [-0.25, -0.2) is 4.79 Å². The molecular weight excluding hydrogens is 599 g/mol. The van der Waals surface area contributed by atoms with Crippen molar-refractivity contribution in [3.63, 3.8) is 0 Å². The van der Waals surface area contributed by atoms with E-state index in [-0.39, 0.29) is 12.7 Å². The molecule has 1 amide bonds. The SMILES string of the molecule is CCCN=COOCCSCSCSCCOC(=O)NCCSCSCSCCN=COOCCCO. The van der Waals surface area contributed by atoms with E-state index in [0.717, 1.165) is 56.3 Å². The maximum atomic E-state index is 11.7. The lowest BCUT2D eigenvalue weighted by Crippen LogP contribution is -2.27. The van der Waals surface area contributed by atoms with Gasteiger partial charge in [-0.2, -0.15) is 9.78 Å². The summed E-state index contributed by atoms with van der Waals surface area (Å²) < 4.78 is 5.19. The highest BCUT2D eigenvalue weighted by molar-refractivity contribution is 8.23. The zero-order chi connectivity index (χ0) is 26.9. The van der Waals surface area contributed by atoms with Gasteiger partial charge in [0.25, 0.3) is 0 Å². The lowest BCUT2D eigenvalue weighted by molar-refractivity contribution is -0.218. The largest absolute Gasteiger partial charge is 0.449 e. The molecule has 0 saturated carbocycles. The number of alkyl carbamates (subject to hydrolysis) is 1. The second-order valence-corrected chi connectivity index (χ2v) is 14.4. The summed E-state index contributed by atoms with van der Waals surface area (Å²) in [6, 6.07) is 0. The number of aliphatic imine (C=N–C) groups is 2. The van der Waals surface area contributed by atoms with E-state index in [1.165, 1.54) is 12.8 Å². The van der Waals surface area contributed by atoms with Crippen molar-refractivity contribution in [3.8, 4) is 0 Å². The third kappa shape index (κ3) is 34.2.